The van der Waals surface area contributed by atoms with Crippen molar-refractivity contribution >= 4 is 15.9 Å². The van der Waals surface area contributed by atoms with E-state index in [2.05, 4.69) is 26.6 Å². The Kier molecular flexibility index (Phi) is 2.64. The molecule has 0 bridgehead atoms. The summed E-state index contributed by atoms with van der Waals surface area (Å²) in [7, 11) is 0. The number of phenols is 1. The number of hydrogen-bond donors (Lipinski definition) is 1. The lowest BCUT2D eigenvalue weighted by Gasteiger charge is -2.03. The maximum atomic E-state index is 9.35. The molecule has 0 radical (unpaired) electrons. The molecule has 18 heavy (non-hydrogen) atoms. The van der Waals surface area contributed by atoms with E-state index in [4.69, 9.17) is 0 Å². The van der Waals surface area contributed by atoms with Crippen LogP contribution in [0.5, 0.6) is 5.75 Å². The molecule has 2 heterocycles. The highest BCUT2D eigenvalue weighted by molar-refractivity contribution is 9.10. The number of phenolic OH excluding ortho intramolecular Hbond substituents is 1. The summed E-state index contributed by atoms with van der Waals surface area (Å²) in [6.07, 6.45) is 2.08. The van der Waals surface area contributed by atoms with Crippen LogP contribution in [0.3, 0.4) is 0 Å². The molecule has 0 atom stereocenters. The van der Waals surface area contributed by atoms with E-state index >= 15 is 0 Å². The first kappa shape index (κ1) is 11.4. The number of nitrogens with zero attached hydrogens (tertiary/aromatic N) is 2. The minimum absolute atomic E-state index is 0.256. The number of rotatable bonds is 1. The topological polar surface area (TPSA) is 48.9 Å². The predicted molar refractivity (Wildman–Crippen MR) is 72.3 cm³/mol. The lowest BCUT2D eigenvalue weighted by atomic mass is 10.0. The summed E-state index contributed by atoms with van der Waals surface area (Å²) in [4.78, 5) is 0. The zero-order valence-electron chi connectivity index (χ0n) is 9.65. The number of aromatic nitrogens is 1. The Morgan fingerprint density at radius 3 is 2.67 bits per heavy atom. The van der Waals surface area contributed by atoms with Gasteiger partial charge in [-0.2, -0.15) is 5.26 Å². The Balaban J connectivity index is 2.24. The van der Waals surface area contributed by atoms with Crippen molar-refractivity contribution in [3.63, 3.8) is 0 Å². The summed E-state index contributed by atoms with van der Waals surface area (Å²) in [5.41, 5.74) is 4.03. The molecule has 3 rings (SSSR count). The highest BCUT2D eigenvalue weighted by Gasteiger charge is 2.25. The molecule has 0 amide bonds. The Morgan fingerprint density at radius 2 is 2.00 bits per heavy atom. The van der Waals surface area contributed by atoms with Gasteiger partial charge in [0.15, 0.2) is 0 Å². The van der Waals surface area contributed by atoms with E-state index in [0.717, 1.165) is 35.0 Å². The van der Waals surface area contributed by atoms with E-state index in [1.165, 1.54) is 5.69 Å². The van der Waals surface area contributed by atoms with Crippen LogP contribution in [0.1, 0.15) is 17.8 Å². The standard InChI is InChI=1S/C14H11BrN2O/c15-14-12(8-16)17-7-1-2-11(17)13(14)9-3-5-10(18)6-4-9/h3-6,18H,1-2,7H2. The largest absolute Gasteiger partial charge is 0.508 e. The van der Waals surface area contributed by atoms with Gasteiger partial charge in [0.2, 0.25) is 0 Å². The van der Waals surface area contributed by atoms with Gasteiger partial charge in [0.05, 0.1) is 4.47 Å². The first-order valence-corrected chi connectivity index (χ1v) is 6.62. The normalized spacial score (nSPS) is 13.3. The van der Waals surface area contributed by atoms with Crippen LogP contribution in [0.25, 0.3) is 11.1 Å². The van der Waals surface area contributed by atoms with E-state index in [9.17, 15) is 10.4 Å². The van der Waals surface area contributed by atoms with Crippen molar-refractivity contribution in [2.45, 2.75) is 19.4 Å². The summed E-state index contributed by atoms with van der Waals surface area (Å²) >= 11 is 3.54. The van der Waals surface area contributed by atoms with Gasteiger partial charge in [0, 0.05) is 17.8 Å². The van der Waals surface area contributed by atoms with E-state index in [-0.39, 0.29) is 5.75 Å². The molecule has 1 aliphatic heterocycles. The lowest BCUT2D eigenvalue weighted by Crippen LogP contribution is -1.95. The Bertz CT molecular complexity index is 650. The molecule has 1 N–H and O–H groups in total. The molecule has 0 fully saturated rings. The average Bonchev–Trinajstić information content (AvgIpc) is 2.90. The molecule has 1 aromatic carbocycles. The zero-order valence-corrected chi connectivity index (χ0v) is 11.2. The summed E-state index contributed by atoms with van der Waals surface area (Å²) in [6, 6.07) is 9.38. The average molecular weight is 303 g/mol. The summed E-state index contributed by atoms with van der Waals surface area (Å²) in [5, 5.41) is 18.6. The molecule has 1 aromatic heterocycles. The SMILES string of the molecule is N#Cc1c(Br)c(-c2ccc(O)cc2)c2n1CCC2. The second-order valence-corrected chi connectivity index (χ2v) is 5.19. The van der Waals surface area contributed by atoms with Gasteiger partial charge in [-0.05, 0) is 46.5 Å². The molecule has 3 nitrogen and oxygen atoms in total. The van der Waals surface area contributed by atoms with Gasteiger partial charge < -0.3 is 9.67 Å². The van der Waals surface area contributed by atoms with Gasteiger partial charge in [-0.15, -0.1) is 0 Å². The van der Waals surface area contributed by atoms with E-state index in [1.807, 2.05) is 12.1 Å². The third-order valence-corrected chi connectivity index (χ3v) is 4.14. The van der Waals surface area contributed by atoms with Crippen molar-refractivity contribution < 1.29 is 5.11 Å². The minimum atomic E-state index is 0.256. The second kappa shape index (κ2) is 4.18. The van der Waals surface area contributed by atoms with Crippen molar-refractivity contribution in [1.29, 1.82) is 5.26 Å². The van der Waals surface area contributed by atoms with Crippen LogP contribution in [-0.2, 0) is 13.0 Å². The molecule has 1 aliphatic rings. The van der Waals surface area contributed by atoms with Crippen LogP contribution in [0.4, 0.5) is 0 Å². The molecule has 2 aromatic rings. The fourth-order valence-corrected chi connectivity index (χ4v) is 3.34. The molecule has 90 valence electrons. The van der Waals surface area contributed by atoms with Crippen LogP contribution >= 0.6 is 15.9 Å². The third-order valence-electron chi connectivity index (χ3n) is 3.37. The Morgan fingerprint density at radius 1 is 1.28 bits per heavy atom. The van der Waals surface area contributed by atoms with Gasteiger partial charge in [-0.25, -0.2) is 0 Å². The van der Waals surface area contributed by atoms with Gasteiger partial charge >= 0.3 is 0 Å². The maximum absolute atomic E-state index is 9.35. The number of fused-ring (bicyclic) bond motifs is 1. The van der Waals surface area contributed by atoms with Gasteiger partial charge in [0.1, 0.15) is 17.5 Å². The lowest BCUT2D eigenvalue weighted by molar-refractivity contribution is 0.475. The molecule has 0 unspecified atom stereocenters. The number of hydrogen-bond acceptors (Lipinski definition) is 2. The second-order valence-electron chi connectivity index (χ2n) is 4.40. The quantitative estimate of drug-likeness (QED) is 0.877. The molecular weight excluding hydrogens is 292 g/mol. The minimum Gasteiger partial charge on any atom is -0.508 e. The van der Waals surface area contributed by atoms with Crippen LogP contribution < -0.4 is 0 Å². The molecular formula is C14H11BrN2O. The number of aromatic hydroxyl groups is 1. The van der Waals surface area contributed by atoms with E-state index in [1.54, 1.807) is 12.1 Å². The number of nitriles is 1. The maximum Gasteiger partial charge on any atom is 0.135 e. The van der Waals surface area contributed by atoms with Gasteiger partial charge in [0.25, 0.3) is 0 Å². The molecule has 0 saturated heterocycles. The van der Waals surface area contributed by atoms with Crippen molar-refractivity contribution in [1.82, 2.24) is 4.57 Å². The van der Waals surface area contributed by atoms with Crippen LogP contribution in [0, 0.1) is 11.3 Å². The molecule has 0 spiro atoms. The first-order chi connectivity index (χ1) is 8.72. The highest BCUT2D eigenvalue weighted by Crippen LogP contribution is 2.40. The third kappa shape index (κ3) is 1.55. The summed E-state index contributed by atoms with van der Waals surface area (Å²) < 4.78 is 2.96. The van der Waals surface area contributed by atoms with E-state index < -0.39 is 0 Å². The van der Waals surface area contributed by atoms with Crippen LogP contribution in [0.15, 0.2) is 28.7 Å². The zero-order chi connectivity index (χ0) is 12.7. The summed E-state index contributed by atoms with van der Waals surface area (Å²) in [6.45, 7) is 0.912. The first-order valence-electron chi connectivity index (χ1n) is 5.82. The van der Waals surface area contributed by atoms with Gasteiger partial charge in [-0.3, -0.25) is 0 Å². The summed E-state index contributed by atoms with van der Waals surface area (Å²) in [5.74, 6) is 0.256. The molecule has 4 heteroatoms. The van der Waals surface area contributed by atoms with Crippen molar-refractivity contribution in [2.24, 2.45) is 0 Å². The van der Waals surface area contributed by atoms with Crippen molar-refractivity contribution in [3.8, 4) is 22.9 Å². The Hall–Kier alpha value is -1.73. The van der Waals surface area contributed by atoms with Crippen LogP contribution in [0.2, 0.25) is 0 Å². The van der Waals surface area contributed by atoms with E-state index in [0.29, 0.717) is 5.69 Å². The van der Waals surface area contributed by atoms with Crippen molar-refractivity contribution in [3.05, 3.63) is 40.1 Å². The fourth-order valence-electron chi connectivity index (χ4n) is 2.58. The molecule has 0 saturated carbocycles. The van der Waals surface area contributed by atoms with Gasteiger partial charge in [-0.1, -0.05) is 12.1 Å². The smallest absolute Gasteiger partial charge is 0.135 e. The molecule has 0 aliphatic carbocycles. The number of halogens is 1. The van der Waals surface area contributed by atoms with Crippen molar-refractivity contribution in [2.75, 3.05) is 0 Å². The number of benzene rings is 1. The van der Waals surface area contributed by atoms with Crippen LogP contribution in [-0.4, -0.2) is 9.67 Å². The monoisotopic (exact) mass is 302 g/mol. The fraction of sp³-hybridized carbons (Fsp3) is 0.214. The predicted octanol–water partition coefficient (Wildman–Crippen LogP) is 3.44. The Labute approximate surface area is 113 Å². The highest BCUT2D eigenvalue weighted by atomic mass is 79.9.